The summed E-state index contributed by atoms with van der Waals surface area (Å²) in [5.74, 6) is -0.0938. The van der Waals surface area contributed by atoms with Crippen molar-refractivity contribution in [2.45, 2.75) is 26.0 Å². The van der Waals surface area contributed by atoms with E-state index in [0.717, 1.165) is 0 Å². The Morgan fingerprint density at radius 1 is 1.50 bits per heavy atom. The zero-order valence-electron chi connectivity index (χ0n) is 10.2. The minimum atomic E-state index is -0.0938. The summed E-state index contributed by atoms with van der Waals surface area (Å²) in [6.07, 6.45) is 1.49. The number of carbonyl (C=O) groups excluding carboxylic acids is 1. The standard InChI is InChI=1S/C12H14Cl2N2O2/c1-7-6-18-8(2)5-16(7)12(17)9-3-10(13)11(14)15-4-9/h3-4,7-8H,5-6H2,1-2H3. The number of amides is 1. The lowest BCUT2D eigenvalue weighted by atomic mass is 10.1. The van der Waals surface area contributed by atoms with Crippen LogP contribution in [0.15, 0.2) is 12.3 Å². The molecular weight excluding hydrogens is 275 g/mol. The Morgan fingerprint density at radius 3 is 2.89 bits per heavy atom. The monoisotopic (exact) mass is 288 g/mol. The van der Waals surface area contributed by atoms with Gasteiger partial charge in [0.05, 0.1) is 29.3 Å². The normalized spacial score (nSPS) is 24.1. The highest BCUT2D eigenvalue weighted by Gasteiger charge is 2.28. The summed E-state index contributed by atoms with van der Waals surface area (Å²) >= 11 is 11.6. The predicted molar refractivity (Wildman–Crippen MR) is 70.2 cm³/mol. The third-order valence-electron chi connectivity index (χ3n) is 2.91. The first-order valence-electron chi connectivity index (χ1n) is 5.72. The van der Waals surface area contributed by atoms with E-state index in [4.69, 9.17) is 27.9 Å². The number of pyridine rings is 1. The first kappa shape index (κ1) is 13.6. The number of aromatic nitrogens is 1. The maximum absolute atomic E-state index is 12.3. The van der Waals surface area contributed by atoms with Gasteiger partial charge < -0.3 is 9.64 Å². The van der Waals surface area contributed by atoms with E-state index in [1.54, 1.807) is 11.0 Å². The zero-order chi connectivity index (χ0) is 13.3. The molecule has 2 rings (SSSR count). The quantitative estimate of drug-likeness (QED) is 0.746. The second kappa shape index (κ2) is 5.43. The maximum Gasteiger partial charge on any atom is 0.255 e. The molecule has 2 heterocycles. The summed E-state index contributed by atoms with van der Waals surface area (Å²) in [6.45, 7) is 5.01. The Bertz CT molecular complexity index is 467. The molecule has 2 atom stereocenters. The van der Waals surface area contributed by atoms with Gasteiger partial charge in [-0.1, -0.05) is 23.2 Å². The van der Waals surface area contributed by atoms with Crippen LogP contribution in [0.2, 0.25) is 10.2 Å². The maximum atomic E-state index is 12.3. The van der Waals surface area contributed by atoms with Crippen LogP contribution in [0.5, 0.6) is 0 Å². The van der Waals surface area contributed by atoms with Crippen molar-refractivity contribution in [3.8, 4) is 0 Å². The fraction of sp³-hybridized carbons (Fsp3) is 0.500. The van der Waals surface area contributed by atoms with Crippen LogP contribution in [0.25, 0.3) is 0 Å². The van der Waals surface area contributed by atoms with Crippen molar-refractivity contribution in [1.82, 2.24) is 9.88 Å². The summed E-state index contributed by atoms with van der Waals surface area (Å²) in [5, 5.41) is 0.494. The summed E-state index contributed by atoms with van der Waals surface area (Å²) in [5.41, 5.74) is 0.449. The van der Waals surface area contributed by atoms with Gasteiger partial charge in [0.1, 0.15) is 5.15 Å². The molecular formula is C12H14Cl2N2O2. The molecule has 1 aliphatic rings. The lowest BCUT2D eigenvalue weighted by Crippen LogP contribution is -2.50. The van der Waals surface area contributed by atoms with Crippen molar-refractivity contribution < 1.29 is 9.53 Å². The van der Waals surface area contributed by atoms with E-state index in [-0.39, 0.29) is 28.2 Å². The molecule has 2 unspecified atom stereocenters. The van der Waals surface area contributed by atoms with Gasteiger partial charge in [-0.2, -0.15) is 0 Å². The number of hydrogen-bond donors (Lipinski definition) is 0. The molecule has 1 saturated heterocycles. The van der Waals surface area contributed by atoms with Crippen molar-refractivity contribution in [3.63, 3.8) is 0 Å². The Morgan fingerprint density at radius 2 is 2.22 bits per heavy atom. The van der Waals surface area contributed by atoms with Crippen LogP contribution in [-0.2, 0) is 4.74 Å². The van der Waals surface area contributed by atoms with E-state index in [2.05, 4.69) is 4.98 Å². The first-order valence-corrected chi connectivity index (χ1v) is 6.48. The molecule has 6 heteroatoms. The van der Waals surface area contributed by atoms with Crippen molar-refractivity contribution in [3.05, 3.63) is 28.0 Å². The van der Waals surface area contributed by atoms with Gasteiger partial charge in [0, 0.05) is 12.7 Å². The average Bonchev–Trinajstić information content (AvgIpc) is 2.35. The summed E-state index contributed by atoms with van der Waals surface area (Å²) in [4.78, 5) is 18.0. The van der Waals surface area contributed by atoms with Gasteiger partial charge in [-0.05, 0) is 19.9 Å². The molecule has 0 saturated carbocycles. The number of rotatable bonds is 1. The van der Waals surface area contributed by atoms with Gasteiger partial charge in [-0.15, -0.1) is 0 Å². The van der Waals surface area contributed by atoms with Crippen LogP contribution in [-0.4, -0.2) is 41.1 Å². The van der Waals surface area contributed by atoms with Crippen LogP contribution in [0.3, 0.4) is 0 Å². The molecule has 1 aromatic rings. The number of nitrogens with zero attached hydrogens (tertiary/aromatic N) is 2. The highest BCUT2D eigenvalue weighted by Crippen LogP contribution is 2.22. The second-order valence-electron chi connectivity index (χ2n) is 4.45. The third kappa shape index (κ3) is 2.76. The minimum Gasteiger partial charge on any atom is -0.375 e. The lowest BCUT2D eigenvalue weighted by Gasteiger charge is -2.36. The Hall–Kier alpha value is -0.840. The van der Waals surface area contributed by atoms with Crippen molar-refractivity contribution >= 4 is 29.1 Å². The minimum absolute atomic E-state index is 0.0425. The molecule has 1 fully saturated rings. The van der Waals surface area contributed by atoms with Crippen molar-refractivity contribution in [2.75, 3.05) is 13.2 Å². The molecule has 0 aliphatic carbocycles. The summed E-state index contributed by atoms with van der Waals surface area (Å²) in [6, 6.07) is 1.59. The Kier molecular flexibility index (Phi) is 4.10. The largest absolute Gasteiger partial charge is 0.375 e. The number of hydrogen-bond acceptors (Lipinski definition) is 3. The van der Waals surface area contributed by atoms with Crippen molar-refractivity contribution in [1.29, 1.82) is 0 Å². The smallest absolute Gasteiger partial charge is 0.255 e. The molecule has 0 radical (unpaired) electrons. The van der Waals surface area contributed by atoms with Gasteiger partial charge >= 0.3 is 0 Å². The fourth-order valence-corrected chi connectivity index (χ4v) is 2.16. The van der Waals surface area contributed by atoms with E-state index in [0.29, 0.717) is 18.7 Å². The SMILES string of the molecule is CC1CN(C(=O)c2cnc(Cl)c(Cl)c2)C(C)CO1. The van der Waals surface area contributed by atoms with Crippen LogP contribution < -0.4 is 0 Å². The van der Waals surface area contributed by atoms with E-state index < -0.39 is 0 Å². The zero-order valence-corrected chi connectivity index (χ0v) is 11.7. The average molecular weight is 289 g/mol. The van der Waals surface area contributed by atoms with Gasteiger partial charge in [0.15, 0.2) is 0 Å². The third-order valence-corrected chi connectivity index (χ3v) is 3.60. The molecule has 0 bridgehead atoms. The Labute approximate surface area is 116 Å². The number of ether oxygens (including phenoxy) is 1. The number of morpholine rings is 1. The van der Waals surface area contributed by atoms with E-state index in [9.17, 15) is 4.79 Å². The molecule has 0 aromatic carbocycles. The van der Waals surface area contributed by atoms with Crippen molar-refractivity contribution in [2.24, 2.45) is 0 Å². The van der Waals surface area contributed by atoms with Crippen LogP contribution in [0, 0.1) is 0 Å². The first-order chi connectivity index (χ1) is 8.49. The van der Waals surface area contributed by atoms with Gasteiger partial charge in [-0.3, -0.25) is 4.79 Å². The highest BCUT2D eigenvalue weighted by atomic mass is 35.5. The fourth-order valence-electron chi connectivity index (χ4n) is 1.89. The lowest BCUT2D eigenvalue weighted by molar-refractivity contribution is -0.0387. The van der Waals surface area contributed by atoms with E-state index >= 15 is 0 Å². The molecule has 18 heavy (non-hydrogen) atoms. The predicted octanol–water partition coefficient (Wildman–Crippen LogP) is 2.64. The molecule has 1 aromatic heterocycles. The Balaban J connectivity index is 2.21. The number of halogens is 2. The topological polar surface area (TPSA) is 42.4 Å². The number of carbonyl (C=O) groups is 1. The molecule has 1 amide bonds. The highest BCUT2D eigenvalue weighted by molar-refractivity contribution is 6.41. The van der Waals surface area contributed by atoms with Crippen LogP contribution >= 0.6 is 23.2 Å². The van der Waals surface area contributed by atoms with Gasteiger partial charge in [0.2, 0.25) is 0 Å². The van der Waals surface area contributed by atoms with Gasteiger partial charge in [-0.25, -0.2) is 4.98 Å². The van der Waals surface area contributed by atoms with Gasteiger partial charge in [0.25, 0.3) is 5.91 Å². The summed E-state index contributed by atoms with van der Waals surface area (Å²) < 4.78 is 5.49. The molecule has 98 valence electrons. The van der Waals surface area contributed by atoms with Crippen LogP contribution in [0.4, 0.5) is 0 Å². The molecule has 1 aliphatic heterocycles. The molecule has 0 spiro atoms. The van der Waals surface area contributed by atoms with Crippen LogP contribution in [0.1, 0.15) is 24.2 Å². The van der Waals surface area contributed by atoms with E-state index in [1.165, 1.54) is 6.20 Å². The molecule has 0 N–H and O–H groups in total. The molecule has 4 nitrogen and oxygen atoms in total. The second-order valence-corrected chi connectivity index (χ2v) is 5.21. The summed E-state index contributed by atoms with van der Waals surface area (Å²) in [7, 11) is 0. The van der Waals surface area contributed by atoms with E-state index in [1.807, 2.05) is 13.8 Å².